The average Bonchev–Trinajstić information content (AvgIpc) is 2.70. The lowest BCUT2D eigenvalue weighted by atomic mass is 10.1. The van der Waals surface area contributed by atoms with Crippen molar-refractivity contribution in [2.24, 2.45) is 4.40 Å². The number of alkyl halides is 3. The molecular formula is C16H9F7N2O6S. The molecule has 0 aliphatic heterocycles. The quantitative estimate of drug-likeness (QED) is 0.116. The molecule has 8 nitrogen and oxygen atoms in total. The van der Waals surface area contributed by atoms with Crippen LogP contribution >= 0.6 is 0 Å². The van der Waals surface area contributed by atoms with Crippen molar-refractivity contribution in [3.8, 4) is 5.75 Å². The van der Waals surface area contributed by atoms with Crippen molar-refractivity contribution < 1.29 is 53.5 Å². The Labute approximate surface area is 174 Å². The van der Waals surface area contributed by atoms with Crippen LogP contribution < -0.4 is 4.74 Å². The van der Waals surface area contributed by atoms with Crippen molar-refractivity contribution in [3.63, 3.8) is 0 Å². The molecule has 2 aromatic carbocycles. The molecule has 1 atom stereocenters. The number of rotatable bonds is 6. The van der Waals surface area contributed by atoms with Gasteiger partial charge in [-0.25, -0.2) is 8.78 Å². The fourth-order valence-corrected chi connectivity index (χ4v) is 3.16. The van der Waals surface area contributed by atoms with Crippen molar-refractivity contribution in [3.05, 3.63) is 74.8 Å². The van der Waals surface area contributed by atoms with E-state index < -0.39 is 67.2 Å². The molecule has 0 aromatic heterocycles. The van der Waals surface area contributed by atoms with Crippen LogP contribution in [0.4, 0.5) is 30.7 Å². The predicted molar refractivity (Wildman–Crippen MR) is 91.6 cm³/mol. The molecule has 0 aliphatic carbocycles. The molecule has 174 valence electrons. The number of halogens is 7. The van der Waals surface area contributed by atoms with E-state index in [1.165, 1.54) is 30.3 Å². The Hall–Kier alpha value is -3.43. The normalized spacial score (nSPS) is 13.6. The van der Waals surface area contributed by atoms with Gasteiger partial charge < -0.3 is 9.47 Å². The zero-order valence-corrected chi connectivity index (χ0v) is 16.2. The van der Waals surface area contributed by atoms with Gasteiger partial charge in [-0.15, -0.1) is 4.40 Å². The van der Waals surface area contributed by atoms with E-state index in [-0.39, 0.29) is 5.56 Å². The zero-order chi connectivity index (χ0) is 24.4. The monoisotopic (exact) mass is 490 g/mol. The first-order valence-corrected chi connectivity index (χ1v) is 9.39. The standard InChI is InChI=1S/C16H9F7N2O6S/c1-30-14(7-5-3-2-4-6-7)24-32(28,29)15(25(26)27)31-13-11(19)9(17)8(16(21,22)23)10(18)12(13)20/h2-6,15H,1H3/b24-14-. The molecule has 1 unspecified atom stereocenters. The summed E-state index contributed by atoms with van der Waals surface area (Å²) < 4.78 is 129. The number of hydrogen-bond acceptors (Lipinski definition) is 6. The van der Waals surface area contributed by atoms with Crippen LogP contribution in [0.3, 0.4) is 0 Å². The van der Waals surface area contributed by atoms with E-state index in [1.807, 2.05) is 0 Å². The van der Waals surface area contributed by atoms with E-state index in [2.05, 4.69) is 9.13 Å². The van der Waals surface area contributed by atoms with Crippen LogP contribution in [0, 0.1) is 33.4 Å². The van der Waals surface area contributed by atoms with Crippen LogP contribution in [0.25, 0.3) is 0 Å². The van der Waals surface area contributed by atoms with Crippen molar-refractivity contribution >= 4 is 15.9 Å². The highest BCUT2D eigenvalue weighted by Crippen LogP contribution is 2.39. The highest BCUT2D eigenvalue weighted by Gasteiger charge is 2.46. The highest BCUT2D eigenvalue weighted by molar-refractivity contribution is 7.90. The van der Waals surface area contributed by atoms with Gasteiger partial charge in [0.2, 0.25) is 23.3 Å². The molecule has 0 aliphatic rings. The van der Waals surface area contributed by atoms with Gasteiger partial charge in [0, 0.05) is 5.56 Å². The number of nitrogens with zero attached hydrogens (tertiary/aromatic N) is 2. The van der Waals surface area contributed by atoms with Crippen molar-refractivity contribution in [2.75, 3.05) is 7.11 Å². The third-order valence-electron chi connectivity index (χ3n) is 3.58. The lowest BCUT2D eigenvalue weighted by Crippen LogP contribution is -2.35. The van der Waals surface area contributed by atoms with Gasteiger partial charge in [-0.2, -0.15) is 30.4 Å². The maximum Gasteiger partial charge on any atom is 0.476 e. The van der Waals surface area contributed by atoms with E-state index in [1.54, 1.807) is 0 Å². The minimum absolute atomic E-state index is 0.0235. The molecule has 0 radical (unpaired) electrons. The SMILES string of the molecule is CO/C(=N\S(=O)(=O)C(Oc1c(F)c(F)c(C(F)(F)F)c(F)c1F)[N+](=O)[O-])c1ccccc1. The highest BCUT2D eigenvalue weighted by atomic mass is 32.2. The van der Waals surface area contributed by atoms with Crippen LogP contribution in [0.2, 0.25) is 0 Å². The van der Waals surface area contributed by atoms with Crippen LogP contribution in [-0.2, 0) is 20.9 Å². The summed E-state index contributed by atoms with van der Waals surface area (Å²) in [6.07, 6.45) is -5.89. The Kier molecular flexibility index (Phi) is 6.97. The summed E-state index contributed by atoms with van der Waals surface area (Å²) in [6, 6.07) is 6.83. The van der Waals surface area contributed by atoms with Gasteiger partial charge >= 0.3 is 21.8 Å². The third-order valence-corrected chi connectivity index (χ3v) is 4.77. The van der Waals surface area contributed by atoms with E-state index in [9.17, 15) is 49.3 Å². The maximum absolute atomic E-state index is 14.0. The average molecular weight is 490 g/mol. The molecule has 0 N–H and O–H groups in total. The summed E-state index contributed by atoms with van der Waals surface area (Å²) in [5, 5.41) is 11.2. The molecule has 0 saturated heterocycles. The molecule has 16 heteroatoms. The van der Waals surface area contributed by atoms with Gasteiger partial charge in [0.15, 0.2) is 11.6 Å². The Morgan fingerprint density at radius 3 is 1.94 bits per heavy atom. The Morgan fingerprint density at radius 1 is 1.03 bits per heavy atom. The smallest absolute Gasteiger partial charge is 0.476 e. The lowest BCUT2D eigenvalue weighted by Gasteiger charge is -2.16. The van der Waals surface area contributed by atoms with Crippen LogP contribution in [-0.4, -0.2) is 31.9 Å². The second kappa shape index (κ2) is 8.97. The molecule has 0 bridgehead atoms. The van der Waals surface area contributed by atoms with Gasteiger partial charge in [-0.05, 0) is 12.1 Å². The Bertz CT molecular complexity index is 1140. The molecule has 32 heavy (non-hydrogen) atoms. The Morgan fingerprint density at radius 2 is 1.53 bits per heavy atom. The maximum atomic E-state index is 14.0. The number of benzene rings is 2. The van der Waals surface area contributed by atoms with E-state index in [4.69, 9.17) is 4.74 Å². The number of ether oxygens (including phenoxy) is 2. The fraction of sp³-hybridized carbons (Fsp3) is 0.188. The minimum Gasteiger partial charge on any atom is -0.480 e. The summed E-state index contributed by atoms with van der Waals surface area (Å²) in [6.45, 7) is 0. The van der Waals surface area contributed by atoms with Gasteiger partial charge in [-0.1, -0.05) is 18.2 Å². The second-order valence-electron chi connectivity index (χ2n) is 5.65. The number of methoxy groups -OCH3 is 1. The van der Waals surface area contributed by atoms with Crippen molar-refractivity contribution in [2.45, 2.75) is 11.7 Å². The molecular weight excluding hydrogens is 481 g/mol. The minimum atomic E-state index is -5.89. The third kappa shape index (κ3) is 4.90. The zero-order valence-electron chi connectivity index (χ0n) is 15.4. The summed E-state index contributed by atoms with van der Waals surface area (Å²) in [5.41, 5.74) is -6.52. The van der Waals surface area contributed by atoms with Crippen LogP contribution in [0.15, 0.2) is 34.7 Å². The fourth-order valence-electron chi connectivity index (χ4n) is 2.23. The van der Waals surface area contributed by atoms with E-state index >= 15 is 0 Å². The van der Waals surface area contributed by atoms with Gasteiger partial charge in [-0.3, -0.25) is 10.1 Å². The van der Waals surface area contributed by atoms with Crippen molar-refractivity contribution in [1.82, 2.24) is 0 Å². The van der Waals surface area contributed by atoms with Crippen molar-refractivity contribution in [1.29, 1.82) is 0 Å². The van der Waals surface area contributed by atoms with Crippen LogP contribution in [0.1, 0.15) is 11.1 Å². The summed E-state index contributed by atoms with van der Waals surface area (Å²) >= 11 is 0. The number of hydrogen-bond donors (Lipinski definition) is 0. The topological polar surface area (TPSA) is 108 Å². The molecule has 2 aromatic rings. The molecule has 0 amide bonds. The molecule has 0 spiro atoms. The van der Waals surface area contributed by atoms with Crippen LogP contribution in [0.5, 0.6) is 5.75 Å². The predicted octanol–water partition coefficient (Wildman–Crippen LogP) is 3.62. The van der Waals surface area contributed by atoms with E-state index in [0.29, 0.717) is 0 Å². The van der Waals surface area contributed by atoms with Gasteiger partial charge in [0.25, 0.3) is 0 Å². The van der Waals surface area contributed by atoms with E-state index in [0.717, 1.165) is 7.11 Å². The summed E-state index contributed by atoms with van der Waals surface area (Å²) in [4.78, 5) is 9.35. The Balaban J connectivity index is 2.61. The second-order valence-corrected chi connectivity index (χ2v) is 7.27. The molecule has 0 saturated carbocycles. The first kappa shape index (κ1) is 24.8. The summed E-state index contributed by atoms with van der Waals surface area (Å²) in [7, 11) is -4.62. The lowest BCUT2D eigenvalue weighted by molar-refractivity contribution is -0.534. The first-order chi connectivity index (χ1) is 14.7. The molecule has 2 rings (SSSR count). The first-order valence-electron chi connectivity index (χ1n) is 7.88. The molecule has 0 heterocycles. The summed E-state index contributed by atoms with van der Waals surface area (Å²) in [5.74, 6) is -14.9. The van der Waals surface area contributed by atoms with Gasteiger partial charge in [0.05, 0.1) is 12.0 Å². The molecule has 0 fully saturated rings. The van der Waals surface area contributed by atoms with Gasteiger partial charge in [0.1, 0.15) is 5.56 Å². The number of nitro groups is 1. The largest absolute Gasteiger partial charge is 0.480 e. The number of sulfonamides is 1.